The van der Waals surface area contributed by atoms with Gasteiger partial charge in [0.25, 0.3) is 5.91 Å². The second-order valence-electron chi connectivity index (χ2n) is 6.45. The number of hydrogen-bond acceptors (Lipinski definition) is 2. The van der Waals surface area contributed by atoms with Gasteiger partial charge in [0.2, 0.25) is 5.91 Å². The lowest BCUT2D eigenvalue weighted by molar-refractivity contribution is -0.122. The number of carbonyl (C=O) groups excluding carboxylic acids is 2. The fourth-order valence-electron chi connectivity index (χ4n) is 3.06. The summed E-state index contributed by atoms with van der Waals surface area (Å²) in [7, 11) is 0. The van der Waals surface area contributed by atoms with Gasteiger partial charge < -0.3 is 10.6 Å². The van der Waals surface area contributed by atoms with E-state index < -0.39 is 0 Å². The van der Waals surface area contributed by atoms with E-state index in [-0.39, 0.29) is 17.9 Å². The van der Waals surface area contributed by atoms with Crippen molar-refractivity contribution in [1.82, 2.24) is 10.6 Å². The molecule has 126 valence electrons. The molecule has 23 heavy (non-hydrogen) atoms. The summed E-state index contributed by atoms with van der Waals surface area (Å²) in [5.41, 5.74) is 0.546. The Morgan fingerprint density at radius 3 is 2.57 bits per heavy atom. The zero-order valence-electron chi connectivity index (χ0n) is 13.8. The zero-order chi connectivity index (χ0) is 16.8. The van der Waals surface area contributed by atoms with Crippen molar-refractivity contribution < 1.29 is 9.59 Å². The Labute approximate surface area is 143 Å². The number of rotatable bonds is 5. The van der Waals surface area contributed by atoms with Crippen molar-refractivity contribution >= 4 is 23.4 Å². The molecule has 2 N–H and O–H groups in total. The van der Waals surface area contributed by atoms with Gasteiger partial charge in [0.1, 0.15) is 0 Å². The van der Waals surface area contributed by atoms with Crippen molar-refractivity contribution in [3.05, 3.63) is 34.9 Å². The highest BCUT2D eigenvalue weighted by molar-refractivity contribution is 6.30. The van der Waals surface area contributed by atoms with Gasteiger partial charge in [-0.3, -0.25) is 9.59 Å². The Balaban J connectivity index is 1.72. The highest BCUT2D eigenvalue weighted by Gasteiger charge is 2.27. The Hall–Kier alpha value is -1.55. The third kappa shape index (κ3) is 5.24. The van der Waals surface area contributed by atoms with E-state index in [2.05, 4.69) is 24.5 Å². The predicted molar refractivity (Wildman–Crippen MR) is 92.5 cm³/mol. The molecule has 1 fully saturated rings. The molecule has 3 atom stereocenters. The van der Waals surface area contributed by atoms with Crippen LogP contribution in [0.4, 0.5) is 0 Å². The molecule has 0 radical (unpaired) electrons. The van der Waals surface area contributed by atoms with Crippen LogP contribution in [0.1, 0.15) is 49.9 Å². The summed E-state index contributed by atoms with van der Waals surface area (Å²) < 4.78 is 0. The molecular formula is C18H25ClN2O2. The molecule has 0 aromatic heterocycles. The zero-order valence-corrected chi connectivity index (χ0v) is 14.5. The average Bonchev–Trinajstić information content (AvgIpc) is 2.52. The van der Waals surface area contributed by atoms with E-state index in [0.29, 0.717) is 35.4 Å². The molecule has 1 saturated carbocycles. The molecule has 2 amide bonds. The molecule has 1 aromatic rings. The monoisotopic (exact) mass is 336 g/mol. The van der Waals surface area contributed by atoms with Gasteiger partial charge in [-0.05, 0) is 42.5 Å². The van der Waals surface area contributed by atoms with Crippen molar-refractivity contribution in [3.8, 4) is 0 Å². The van der Waals surface area contributed by atoms with Crippen molar-refractivity contribution in [2.45, 2.75) is 45.6 Å². The number of carbonyl (C=O) groups is 2. The Bertz CT molecular complexity index is 544. The van der Waals surface area contributed by atoms with Crippen LogP contribution in [0.2, 0.25) is 5.02 Å². The van der Waals surface area contributed by atoms with Crippen LogP contribution in [-0.2, 0) is 4.79 Å². The van der Waals surface area contributed by atoms with Crippen LogP contribution in [-0.4, -0.2) is 24.4 Å². The van der Waals surface area contributed by atoms with Crippen LogP contribution in [0.5, 0.6) is 0 Å². The first kappa shape index (κ1) is 17.8. The van der Waals surface area contributed by atoms with Crippen LogP contribution >= 0.6 is 11.6 Å². The minimum absolute atomic E-state index is 0.00681. The molecule has 4 nitrogen and oxygen atoms in total. The molecule has 5 heteroatoms. The van der Waals surface area contributed by atoms with Crippen molar-refractivity contribution in [1.29, 1.82) is 0 Å². The lowest BCUT2D eigenvalue weighted by Gasteiger charge is -2.34. The van der Waals surface area contributed by atoms with Gasteiger partial charge in [-0.1, -0.05) is 38.3 Å². The van der Waals surface area contributed by atoms with Crippen LogP contribution in [0.25, 0.3) is 0 Å². The molecule has 0 aliphatic heterocycles. The summed E-state index contributed by atoms with van der Waals surface area (Å²) in [6.07, 6.45) is 3.76. The van der Waals surface area contributed by atoms with E-state index in [1.165, 1.54) is 12.8 Å². The normalized spacial score (nSPS) is 24.0. The predicted octanol–water partition coefficient (Wildman–Crippen LogP) is 3.40. The summed E-state index contributed by atoms with van der Waals surface area (Å²) >= 11 is 5.79. The third-order valence-electron chi connectivity index (χ3n) is 4.80. The smallest absolute Gasteiger partial charge is 0.251 e. The second-order valence-corrected chi connectivity index (χ2v) is 6.89. The SMILES string of the molecule is C[C@H]1[C@H](C)CCC[C@@H]1NC(=O)CCNC(=O)c1ccc(Cl)cc1. The molecule has 0 bridgehead atoms. The fourth-order valence-corrected chi connectivity index (χ4v) is 3.18. The van der Waals surface area contributed by atoms with Gasteiger partial charge in [-0.2, -0.15) is 0 Å². The Morgan fingerprint density at radius 1 is 1.17 bits per heavy atom. The van der Waals surface area contributed by atoms with Crippen molar-refractivity contribution in [3.63, 3.8) is 0 Å². The number of hydrogen-bond donors (Lipinski definition) is 2. The molecule has 0 spiro atoms. The molecule has 0 saturated heterocycles. The number of benzene rings is 1. The van der Waals surface area contributed by atoms with E-state index in [0.717, 1.165) is 6.42 Å². The van der Waals surface area contributed by atoms with Crippen molar-refractivity contribution in [2.24, 2.45) is 11.8 Å². The second kappa shape index (κ2) is 8.34. The minimum Gasteiger partial charge on any atom is -0.353 e. The minimum atomic E-state index is -0.186. The van der Waals surface area contributed by atoms with Crippen LogP contribution in [0.3, 0.4) is 0 Å². The van der Waals surface area contributed by atoms with Crippen LogP contribution in [0, 0.1) is 11.8 Å². The standard InChI is InChI=1S/C18H25ClN2O2/c1-12-4-3-5-16(13(12)2)21-17(22)10-11-20-18(23)14-6-8-15(19)9-7-14/h6-9,12-13,16H,3-5,10-11H2,1-2H3,(H,20,23)(H,21,22)/t12-,13+,16+/m1/s1. The number of amides is 2. The third-order valence-corrected chi connectivity index (χ3v) is 5.05. The number of halogens is 1. The fraction of sp³-hybridized carbons (Fsp3) is 0.556. The molecule has 1 aromatic carbocycles. The highest BCUT2D eigenvalue weighted by atomic mass is 35.5. The lowest BCUT2D eigenvalue weighted by atomic mass is 9.78. The quantitative estimate of drug-likeness (QED) is 0.865. The number of nitrogens with one attached hydrogen (secondary N) is 2. The molecule has 0 heterocycles. The van der Waals surface area contributed by atoms with Gasteiger partial charge in [-0.25, -0.2) is 0 Å². The largest absolute Gasteiger partial charge is 0.353 e. The van der Waals surface area contributed by atoms with Crippen LogP contribution in [0.15, 0.2) is 24.3 Å². The Morgan fingerprint density at radius 2 is 1.87 bits per heavy atom. The van der Waals surface area contributed by atoms with Gasteiger partial charge >= 0.3 is 0 Å². The molecule has 0 unspecified atom stereocenters. The highest BCUT2D eigenvalue weighted by Crippen LogP contribution is 2.29. The van der Waals surface area contributed by atoms with Gasteiger partial charge in [0.15, 0.2) is 0 Å². The summed E-state index contributed by atoms with van der Waals surface area (Å²) in [5.74, 6) is 0.983. The lowest BCUT2D eigenvalue weighted by Crippen LogP contribution is -2.44. The van der Waals surface area contributed by atoms with E-state index in [1.54, 1.807) is 24.3 Å². The maximum absolute atomic E-state index is 12.0. The maximum atomic E-state index is 12.0. The Kier molecular flexibility index (Phi) is 6.46. The average molecular weight is 337 g/mol. The van der Waals surface area contributed by atoms with Crippen LogP contribution < -0.4 is 10.6 Å². The van der Waals surface area contributed by atoms with E-state index in [1.807, 2.05) is 0 Å². The molecule has 2 rings (SSSR count). The van der Waals surface area contributed by atoms with Crippen molar-refractivity contribution in [2.75, 3.05) is 6.54 Å². The summed E-state index contributed by atoms with van der Waals surface area (Å²) in [6, 6.07) is 6.95. The summed E-state index contributed by atoms with van der Waals surface area (Å²) in [6.45, 7) is 4.79. The summed E-state index contributed by atoms with van der Waals surface area (Å²) in [4.78, 5) is 24.0. The van der Waals surface area contributed by atoms with E-state index in [9.17, 15) is 9.59 Å². The van der Waals surface area contributed by atoms with Gasteiger partial charge in [0, 0.05) is 29.6 Å². The maximum Gasteiger partial charge on any atom is 0.251 e. The van der Waals surface area contributed by atoms with Gasteiger partial charge in [0.05, 0.1) is 0 Å². The molecule has 1 aliphatic carbocycles. The first-order valence-corrected chi connectivity index (χ1v) is 8.68. The van der Waals surface area contributed by atoms with E-state index >= 15 is 0 Å². The topological polar surface area (TPSA) is 58.2 Å². The van der Waals surface area contributed by atoms with Gasteiger partial charge in [-0.15, -0.1) is 0 Å². The molecular weight excluding hydrogens is 312 g/mol. The summed E-state index contributed by atoms with van der Waals surface area (Å²) in [5, 5.41) is 6.47. The molecule has 1 aliphatic rings. The van der Waals surface area contributed by atoms with E-state index in [4.69, 9.17) is 11.6 Å². The first-order valence-electron chi connectivity index (χ1n) is 8.30. The first-order chi connectivity index (χ1) is 11.0.